The Labute approximate surface area is 142 Å². The summed E-state index contributed by atoms with van der Waals surface area (Å²) in [4.78, 5) is 16.2. The normalized spacial score (nSPS) is 18.5. The minimum absolute atomic E-state index is 0. The summed E-state index contributed by atoms with van der Waals surface area (Å²) in [5, 5.41) is 9.16. The summed E-state index contributed by atoms with van der Waals surface area (Å²) in [6.07, 6.45) is 2.84. The number of hydrogen-bond acceptors (Lipinski definition) is 5. The van der Waals surface area contributed by atoms with Crippen LogP contribution in [0, 0.1) is 0 Å². The fourth-order valence-corrected chi connectivity index (χ4v) is 2.96. The molecule has 1 aliphatic heterocycles. The molecule has 0 spiro atoms. The molecule has 1 fully saturated rings. The molecule has 0 aliphatic carbocycles. The maximum absolute atomic E-state index is 11.8. The summed E-state index contributed by atoms with van der Waals surface area (Å²) in [6, 6.07) is 0.347. The summed E-state index contributed by atoms with van der Waals surface area (Å²) in [7, 11) is 1.67. The first-order valence-electron chi connectivity index (χ1n) is 6.66. The van der Waals surface area contributed by atoms with Crippen LogP contribution in [-0.2, 0) is 16.1 Å². The molecule has 8 heteroatoms. The van der Waals surface area contributed by atoms with Crippen LogP contribution in [0.15, 0.2) is 5.38 Å². The third-order valence-corrected chi connectivity index (χ3v) is 4.39. The second-order valence-corrected chi connectivity index (χ2v) is 5.72. The van der Waals surface area contributed by atoms with E-state index in [1.54, 1.807) is 18.4 Å². The van der Waals surface area contributed by atoms with Crippen LogP contribution in [-0.4, -0.2) is 30.6 Å². The quantitative estimate of drug-likeness (QED) is 0.822. The van der Waals surface area contributed by atoms with Crippen molar-refractivity contribution >= 4 is 42.1 Å². The highest BCUT2D eigenvalue weighted by atomic mass is 35.5. The Bertz CT molecular complexity index is 425. The fourth-order valence-electron chi connectivity index (χ4n) is 2.11. The van der Waals surface area contributed by atoms with Crippen molar-refractivity contribution in [2.45, 2.75) is 44.9 Å². The van der Waals surface area contributed by atoms with Gasteiger partial charge in [-0.2, -0.15) is 0 Å². The van der Waals surface area contributed by atoms with Crippen molar-refractivity contribution in [3.63, 3.8) is 0 Å². The van der Waals surface area contributed by atoms with Crippen LogP contribution >= 0.6 is 36.2 Å². The van der Waals surface area contributed by atoms with Crippen LogP contribution in [0.1, 0.15) is 43.0 Å². The molecule has 21 heavy (non-hydrogen) atoms. The molecule has 2 heterocycles. The average molecular weight is 356 g/mol. The van der Waals surface area contributed by atoms with Gasteiger partial charge >= 0.3 is 0 Å². The Hall–Kier alpha value is -0.400. The Morgan fingerprint density at radius 1 is 1.62 bits per heavy atom. The van der Waals surface area contributed by atoms with Crippen molar-refractivity contribution < 1.29 is 9.53 Å². The minimum Gasteiger partial charge on any atom is -0.375 e. The molecule has 2 atom stereocenters. The molecule has 122 valence electrons. The van der Waals surface area contributed by atoms with E-state index in [1.165, 1.54) is 6.42 Å². The van der Waals surface area contributed by atoms with Gasteiger partial charge in [0.15, 0.2) is 0 Å². The van der Waals surface area contributed by atoms with E-state index in [0.29, 0.717) is 19.0 Å². The molecule has 0 bridgehead atoms. The standard InChI is InChI=1S/C13H21N3O2S.2ClH/c1-9(18-2)13-16-11(8-19-13)7-15-12(17)6-10-4-3-5-14-10;;/h8-10,14H,3-7H2,1-2H3,(H,15,17);2*1H. The predicted molar refractivity (Wildman–Crippen MR) is 89.5 cm³/mol. The van der Waals surface area contributed by atoms with Gasteiger partial charge in [-0.15, -0.1) is 36.2 Å². The van der Waals surface area contributed by atoms with E-state index in [2.05, 4.69) is 15.6 Å². The first kappa shape index (κ1) is 20.6. The number of ether oxygens (including phenoxy) is 1. The molecule has 2 N–H and O–H groups in total. The minimum atomic E-state index is 0. The first-order chi connectivity index (χ1) is 9.19. The zero-order chi connectivity index (χ0) is 13.7. The molecule has 0 radical (unpaired) electrons. The average Bonchev–Trinajstić information content (AvgIpc) is 3.06. The van der Waals surface area contributed by atoms with Gasteiger partial charge < -0.3 is 15.4 Å². The number of thiazole rings is 1. The van der Waals surface area contributed by atoms with E-state index in [1.807, 2.05) is 12.3 Å². The van der Waals surface area contributed by atoms with E-state index in [9.17, 15) is 4.79 Å². The highest BCUT2D eigenvalue weighted by molar-refractivity contribution is 7.09. The van der Waals surface area contributed by atoms with Gasteiger partial charge in [-0.05, 0) is 26.3 Å². The van der Waals surface area contributed by atoms with E-state index in [0.717, 1.165) is 23.7 Å². The summed E-state index contributed by atoms with van der Waals surface area (Å²) >= 11 is 1.57. The zero-order valence-corrected chi connectivity index (χ0v) is 14.7. The van der Waals surface area contributed by atoms with Crippen LogP contribution in [0.4, 0.5) is 0 Å². The summed E-state index contributed by atoms with van der Waals surface area (Å²) in [5.41, 5.74) is 0.900. The maximum Gasteiger partial charge on any atom is 0.221 e. The molecule has 1 amide bonds. The van der Waals surface area contributed by atoms with Crippen molar-refractivity contribution in [1.29, 1.82) is 0 Å². The number of halogens is 2. The van der Waals surface area contributed by atoms with Gasteiger partial charge in [-0.1, -0.05) is 0 Å². The lowest BCUT2D eigenvalue weighted by molar-refractivity contribution is -0.121. The van der Waals surface area contributed by atoms with E-state index >= 15 is 0 Å². The molecular formula is C13H23Cl2N3O2S. The second-order valence-electron chi connectivity index (χ2n) is 4.83. The molecular weight excluding hydrogens is 333 g/mol. The highest BCUT2D eigenvalue weighted by Crippen LogP contribution is 2.20. The molecule has 1 aliphatic rings. The Balaban J connectivity index is 0.00000200. The lowest BCUT2D eigenvalue weighted by Crippen LogP contribution is -2.31. The number of aromatic nitrogens is 1. The van der Waals surface area contributed by atoms with Gasteiger partial charge in [0, 0.05) is 25.0 Å². The number of methoxy groups -OCH3 is 1. The lowest BCUT2D eigenvalue weighted by atomic mass is 10.1. The summed E-state index contributed by atoms with van der Waals surface area (Å²) < 4.78 is 5.22. The predicted octanol–water partition coefficient (Wildman–Crippen LogP) is 2.45. The molecule has 0 saturated carbocycles. The van der Waals surface area contributed by atoms with Crippen LogP contribution in [0.5, 0.6) is 0 Å². The maximum atomic E-state index is 11.8. The Morgan fingerprint density at radius 3 is 3.00 bits per heavy atom. The van der Waals surface area contributed by atoms with Crippen LogP contribution < -0.4 is 10.6 Å². The first-order valence-corrected chi connectivity index (χ1v) is 7.54. The Morgan fingerprint density at radius 2 is 2.38 bits per heavy atom. The largest absolute Gasteiger partial charge is 0.375 e. The fraction of sp³-hybridized carbons (Fsp3) is 0.692. The smallest absolute Gasteiger partial charge is 0.221 e. The highest BCUT2D eigenvalue weighted by Gasteiger charge is 2.17. The number of carbonyl (C=O) groups excluding carboxylic acids is 1. The second kappa shape index (κ2) is 10.3. The van der Waals surface area contributed by atoms with Gasteiger partial charge in [-0.3, -0.25) is 4.79 Å². The van der Waals surface area contributed by atoms with E-state index in [-0.39, 0.29) is 36.8 Å². The SMILES string of the molecule is COC(C)c1nc(CNC(=O)CC2CCCN2)cs1.Cl.Cl. The summed E-state index contributed by atoms with van der Waals surface area (Å²) in [5.74, 6) is 0.0914. The van der Waals surface area contributed by atoms with Gasteiger partial charge in [0.2, 0.25) is 5.91 Å². The molecule has 5 nitrogen and oxygen atoms in total. The number of rotatable bonds is 6. The van der Waals surface area contributed by atoms with Gasteiger partial charge in [0.05, 0.1) is 12.2 Å². The van der Waals surface area contributed by atoms with Gasteiger partial charge in [-0.25, -0.2) is 4.98 Å². The number of carbonyl (C=O) groups is 1. The summed E-state index contributed by atoms with van der Waals surface area (Å²) in [6.45, 7) is 3.49. The topological polar surface area (TPSA) is 63.2 Å². The van der Waals surface area contributed by atoms with E-state index in [4.69, 9.17) is 4.74 Å². The number of nitrogens with zero attached hydrogens (tertiary/aromatic N) is 1. The van der Waals surface area contributed by atoms with Crippen molar-refractivity contribution in [2.75, 3.05) is 13.7 Å². The van der Waals surface area contributed by atoms with Crippen molar-refractivity contribution in [2.24, 2.45) is 0 Å². The number of amides is 1. The van der Waals surface area contributed by atoms with Crippen LogP contribution in [0.2, 0.25) is 0 Å². The molecule has 1 aromatic rings. The van der Waals surface area contributed by atoms with Crippen LogP contribution in [0.25, 0.3) is 0 Å². The lowest BCUT2D eigenvalue weighted by Gasteiger charge is -2.09. The van der Waals surface area contributed by atoms with E-state index < -0.39 is 0 Å². The third kappa shape index (κ3) is 6.48. The molecule has 1 saturated heterocycles. The van der Waals surface area contributed by atoms with Crippen molar-refractivity contribution in [1.82, 2.24) is 15.6 Å². The molecule has 0 aromatic carbocycles. The molecule has 2 rings (SSSR count). The Kier molecular flexibility index (Phi) is 10.1. The third-order valence-electron chi connectivity index (χ3n) is 3.33. The number of nitrogens with one attached hydrogen (secondary N) is 2. The molecule has 1 aromatic heterocycles. The van der Waals surface area contributed by atoms with Crippen LogP contribution in [0.3, 0.4) is 0 Å². The van der Waals surface area contributed by atoms with Crippen molar-refractivity contribution in [3.05, 3.63) is 16.1 Å². The van der Waals surface area contributed by atoms with Gasteiger partial charge in [0.25, 0.3) is 0 Å². The number of hydrogen-bond donors (Lipinski definition) is 2. The van der Waals surface area contributed by atoms with Crippen molar-refractivity contribution in [3.8, 4) is 0 Å². The zero-order valence-electron chi connectivity index (χ0n) is 12.3. The monoisotopic (exact) mass is 355 g/mol. The van der Waals surface area contributed by atoms with Gasteiger partial charge in [0.1, 0.15) is 11.1 Å². The molecule has 2 unspecified atom stereocenters.